The van der Waals surface area contributed by atoms with Crippen LogP contribution in [-0.4, -0.2) is 99.4 Å². The number of carbonyl (C=O) groups is 3. The lowest BCUT2D eigenvalue weighted by molar-refractivity contribution is -0.139. The van der Waals surface area contributed by atoms with Crippen LogP contribution in [-0.2, 0) is 9.53 Å². The van der Waals surface area contributed by atoms with Crippen LogP contribution in [0.3, 0.4) is 0 Å². The first-order valence-corrected chi connectivity index (χ1v) is 12.8. The van der Waals surface area contributed by atoms with E-state index in [-0.39, 0.29) is 18.7 Å². The molecule has 4 amide bonds. The Balaban J connectivity index is 1.94. The van der Waals surface area contributed by atoms with E-state index in [1.807, 2.05) is 13.8 Å². The van der Waals surface area contributed by atoms with E-state index < -0.39 is 12.0 Å². The average Bonchev–Trinajstić information content (AvgIpc) is 2.91. The van der Waals surface area contributed by atoms with Crippen molar-refractivity contribution in [2.75, 3.05) is 66.6 Å². The number of hydrogen-bond donors (Lipinski definition) is 2. The van der Waals surface area contributed by atoms with E-state index in [1.165, 1.54) is 7.11 Å². The normalized spacial score (nSPS) is 18.4. The number of methoxy groups -OCH3 is 2. The van der Waals surface area contributed by atoms with Gasteiger partial charge in [-0.1, -0.05) is 13.0 Å². The summed E-state index contributed by atoms with van der Waals surface area (Å²) in [5.74, 6) is 0.564. The van der Waals surface area contributed by atoms with Crippen molar-refractivity contribution in [3.8, 4) is 11.5 Å². The Morgan fingerprint density at radius 1 is 1.05 bits per heavy atom. The highest BCUT2D eigenvalue weighted by atomic mass is 16.5. The van der Waals surface area contributed by atoms with Gasteiger partial charge in [-0.05, 0) is 38.0 Å². The molecule has 1 atom stereocenters. The molecule has 0 radical (unpaired) electrons. The zero-order chi connectivity index (χ0) is 26.9. The molecule has 2 heterocycles. The van der Waals surface area contributed by atoms with Crippen molar-refractivity contribution < 1.29 is 28.6 Å². The molecule has 1 saturated heterocycles. The first-order valence-electron chi connectivity index (χ1n) is 12.8. The van der Waals surface area contributed by atoms with E-state index in [0.29, 0.717) is 74.1 Å². The maximum atomic E-state index is 13.3. The van der Waals surface area contributed by atoms with Crippen LogP contribution >= 0.6 is 0 Å². The molecule has 0 unspecified atom stereocenters. The summed E-state index contributed by atoms with van der Waals surface area (Å²) in [5, 5.41) is 5.89. The summed E-state index contributed by atoms with van der Waals surface area (Å²) >= 11 is 0. The Labute approximate surface area is 218 Å². The molecule has 2 N–H and O–H groups in total. The molecule has 0 bridgehead atoms. The third-order valence-corrected chi connectivity index (χ3v) is 6.55. The number of amides is 4. The van der Waals surface area contributed by atoms with Gasteiger partial charge in [0.1, 0.15) is 0 Å². The van der Waals surface area contributed by atoms with Gasteiger partial charge < -0.3 is 29.7 Å². The molecule has 2 aliphatic rings. The smallest absolute Gasteiger partial charge is 0.338 e. The second kappa shape index (κ2) is 13.2. The number of nitrogens with zero attached hydrogens (tertiary/aromatic N) is 3. The molecule has 1 fully saturated rings. The van der Waals surface area contributed by atoms with Gasteiger partial charge >= 0.3 is 18.0 Å². The van der Waals surface area contributed by atoms with Crippen molar-refractivity contribution in [1.29, 1.82) is 0 Å². The summed E-state index contributed by atoms with van der Waals surface area (Å²) in [4.78, 5) is 44.4. The van der Waals surface area contributed by atoms with Gasteiger partial charge in [0.05, 0.1) is 32.4 Å². The fraction of sp³-hybridized carbons (Fsp3) is 0.577. The van der Waals surface area contributed by atoms with Crippen LogP contribution in [0.15, 0.2) is 29.5 Å². The predicted molar refractivity (Wildman–Crippen MR) is 139 cm³/mol. The van der Waals surface area contributed by atoms with Gasteiger partial charge in [-0.2, -0.15) is 0 Å². The molecule has 0 saturated carbocycles. The highest BCUT2D eigenvalue weighted by molar-refractivity contribution is 5.95. The van der Waals surface area contributed by atoms with Crippen LogP contribution in [0.4, 0.5) is 9.59 Å². The molecule has 0 spiro atoms. The quantitative estimate of drug-likeness (QED) is 0.458. The molecule has 204 valence electrons. The minimum Gasteiger partial charge on any atom is -0.493 e. The van der Waals surface area contributed by atoms with Crippen LogP contribution in [0, 0.1) is 0 Å². The van der Waals surface area contributed by atoms with Crippen molar-refractivity contribution in [3.05, 3.63) is 35.0 Å². The summed E-state index contributed by atoms with van der Waals surface area (Å²) in [5.41, 5.74) is 1.67. The monoisotopic (exact) mass is 517 g/mol. The van der Waals surface area contributed by atoms with E-state index in [1.54, 1.807) is 42.0 Å². The molecular weight excluding hydrogens is 478 g/mol. The van der Waals surface area contributed by atoms with E-state index in [4.69, 9.17) is 14.2 Å². The van der Waals surface area contributed by atoms with Gasteiger partial charge in [0, 0.05) is 51.5 Å². The lowest BCUT2D eigenvalue weighted by Crippen LogP contribution is -2.55. The largest absolute Gasteiger partial charge is 0.493 e. The molecule has 0 aliphatic carbocycles. The number of likely N-dealkylation sites (N-methyl/N-ethyl adjacent to an activating group) is 1. The fourth-order valence-corrected chi connectivity index (χ4v) is 4.60. The lowest BCUT2D eigenvalue weighted by atomic mass is 9.93. The minimum absolute atomic E-state index is 0.0614. The Bertz CT molecular complexity index is 1010. The minimum atomic E-state index is -0.717. The van der Waals surface area contributed by atoms with Crippen LogP contribution in [0.5, 0.6) is 11.5 Å². The molecule has 1 aromatic carbocycles. The van der Waals surface area contributed by atoms with Crippen LogP contribution in [0.25, 0.3) is 0 Å². The molecule has 11 nitrogen and oxygen atoms in total. The van der Waals surface area contributed by atoms with Crippen molar-refractivity contribution >= 4 is 18.0 Å². The Kier molecular flexibility index (Phi) is 10.0. The van der Waals surface area contributed by atoms with Gasteiger partial charge in [-0.3, -0.25) is 9.80 Å². The van der Waals surface area contributed by atoms with Crippen LogP contribution in [0.1, 0.15) is 38.8 Å². The van der Waals surface area contributed by atoms with Crippen molar-refractivity contribution in [1.82, 2.24) is 25.3 Å². The SMILES string of the molecule is CCCNC(=O)N1CCN(CC2=C(C(=O)OCC)[C@H](c3ccc(OC)c(OC)c3)NC(=O)N2CC)CC1. The number of hydrogen-bond acceptors (Lipinski definition) is 7. The molecule has 11 heteroatoms. The standard InChI is InChI=1S/C26H39N5O6/c1-6-11-27-25(33)30-14-12-29(13-15-30)17-19-22(24(32)37-8-3)23(28-26(34)31(19)7-2)18-9-10-20(35-4)21(16-18)36-5/h9-10,16,23H,6-8,11-15,17H2,1-5H3,(H,27,33)(H,28,34)/t23-/m0/s1. The maximum absolute atomic E-state index is 13.3. The topological polar surface area (TPSA) is 113 Å². The van der Waals surface area contributed by atoms with Crippen LogP contribution in [0.2, 0.25) is 0 Å². The second-order valence-electron chi connectivity index (χ2n) is 8.82. The van der Waals surface area contributed by atoms with Gasteiger partial charge in [0.15, 0.2) is 11.5 Å². The number of ether oxygens (including phenoxy) is 3. The van der Waals surface area contributed by atoms with E-state index in [9.17, 15) is 14.4 Å². The number of urea groups is 2. The number of carbonyl (C=O) groups excluding carboxylic acids is 3. The maximum Gasteiger partial charge on any atom is 0.338 e. The van der Waals surface area contributed by atoms with Crippen molar-refractivity contribution in [2.45, 2.75) is 33.2 Å². The summed E-state index contributed by atoms with van der Waals surface area (Å²) in [6, 6.07) is 4.24. The molecular formula is C26H39N5O6. The number of esters is 1. The van der Waals surface area contributed by atoms with E-state index >= 15 is 0 Å². The Hall–Kier alpha value is -3.47. The first kappa shape index (κ1) is 28.1. The number of rotatable bonds is 10. The zero-order valence-corrected chi connectivity index (χ0v) is 22.5. The van der Waals surface area contributed by atoms with Crippen LogP contribution < -0.4 is 20.1 Å². The highest BCUT2D eigenvalue weighted by Gasteiger charge is 2.39. The highest BCUT2D eigenvalue weighted by Crippen LogP contribution is 2.36. The Morgan fingerprint density at radius 2 is 1.76 bits per heavy atom. The zero-order valence-electron chi connectivity index (χ0n) is 22.5. The molecule has 3 rings (SSSR count). The summed E-state index contributed by atoms with van der Waals surface area (Å²) in [6.07, 6.45) is 0.882. The van der Waals surface area contributed by atoms with Gasteiger partial charge in [0.25, 0.3) is 0 Å². The van der Waals surface area contributed by atoms with E-state index in [2.05, 4.69) is 15.5 Å². The summed E-state index contributed by atoms with van der Waals surface area (Å²) < 4.78 is 16.3. The predicted octanol–water partition coefficient (Wildman–Crippen LogP) is 2.34. The second-order valence-corrected chi connectivity index (χ2v) is 8.82. The average molecular weight is 518 g/mol. The first-order chi connectivity index (χ1) is 17.9. The number of piperazine rings is 1. The number of nitrogens with one attached hydrogen (secondary N) is 2. The summed E-state index contributed by atoms with van der Waals surface area (Å²) in [6.45, 7) is 9.64. The van der Waals surface area contributed by atoms with E-state index in [0.717, 1.165) is 6.42 Å². The molecule has 2 aliphatic heterocycles. The fourth-order valence-electron chi connectivity index (χ4n) is 4.60. The third-order valence-electron chi connectivity index (χ3n) is 6.55. The van der Waals surface area contributed by atoms with Crippen molar-refractivity contribution in [3.63, 3.8) is 0 Å². The van der Waals surface area contributed by atoms with Crippen molar-refractivity contribution in [2.24, 2.45) is 0 Å². The number of benzene rings is 1. The van der Waals surface area contributed by atoms with Gasteiger partial charge in [-0.15, -0.1) is 0 Å². The summed E-state index contributed by atoms with van der Waals surface area (Å²) in [7, 11) is 3.09. The lowest BCUT2D eigenvalue weighted by Gasteiger charge is -2.40. The third kappa shape index (κ3) is 6.46. The van der Waals surface area contributed by atoms with Gasteiger partial charge in [0.2, 0.25) is 0 Å². The molecule has 1 aromatic rings. The molecule has 37 heavy (non-hydrogen) atoms. The van der Waals surface area contributed by atoms with Gasteiger partial charge in [-0.25, -0.2) is 14.4 Å². The molecule has 0 aromatic heterocycles. The Morgan fingerprint density at radius 3 is 2.35 bits per heavy atom.